The maximum atomic E-state index is 5.51. The summed E-state index contributed by atoms with van der Waals surface area (Å²) < 4.78 is 5.51. The van der Waals surface area contributed by atoms with E-state index in [2.05, 4.69) is 55.6 Å². The highest BCUT2D eigenvalue weighted by Gasteiger charge is 2.09. The van der Waals surface area contributed by atoms with Crippen LogP contribution in [0.15, 0.2) is 36.4 Å². The highest BCUT2D eigenvalue weighted by atomic mass is 32.1. The van der Waals surface area contributed by atoms with Gasteiger partial charge in [-0.2, -0.15) is 0 Å². The maximum Gasteiger partial charge on any atom is 0.0736 e. The van der Waals surface area contributed by atoms with Gasteiger partial charge in [0.05, 0.1) is 12.6 Å². The van der Waals surface area contributed by atoms with Crippen molar-refractivity contribution in [2.75, 3.05) is 11.9 Å². The Bertz CT molecular complexity index is 521. The van der Waals surface area contributed by atoms with E-state index in [1.807, 2.05) is 18.3 Å². The first-order valence-corrected chi connectivity index (χ1v) is 7.51. The van der Waals surface area contributed by atoms with Crippen LogP contribution in [0.2, 0.25) is 0 Å². The van der Waals surface area contributed by atoms with E-state index in [1.165, 1.54) is 15.3 Å². The highest BCUT2D eigenvalue weighted by Crippen LogP contribution is 2.27. The number of hydrogen-bond acceptors (Lipinski definition) is 3. The van der Waals surface area contributed by atoms with E-state index >= 15 is 0 Å². The first-order chi connectivity index (χ1) is 9.20. The number of anilines is 1. The first-order valence-electron chi connectivity index (χ1n) is 6.69. The minimum absolute atomic E-state index is 0.321. The normalized spacial score (nSPS) is 12.4. The van der Waals surface area contributed by atoms with Crippen LogP contribution in [0.5, 0.6) is 0 Å². The molecule has 2 nitrogen and oxygen atoms in total. The molecular weight excluding hydrogens is 254 g/mol. The van der Waals surface area contributed by atoms with Crippen molar-refractivity contribution in [2.45, 2.75) is 33.4 Å². The lowest BCUT2D eigenvalue weighted by atomic mass is 10.1. The fourth-order valence-electron chi connectivity index (χ4n) is 1.99. The SMILES string of the molecule is CCOCc1ccccc1NC(C)c1ccc(C)s1. The van der Waals surface area contributed by atoms with Crippen molar-refractivity contribution < 1.29 is 4.74 Å². The van der Waals surface area contributed by atoms with Crippen LogP contribution in [-0.2, 0) is 11.3 Å². The zero-order valence-corrected chi connectivity index (χ0v) is 12.6. The minimum atomic E-state index is 0.321. The molecule has 0 saturated heterocycles. The van der Waals surface area contributed by atoms with Crippen molar-refractivity contribution in [1.82, 2.24) is 0 Å². The predicted octanol–water partition coefficient (Wildman–Crippen LogP) is 4.77. The van der Waals surface area contributed by atoms with E-state index in [0.717, 1.165) is 12.3 Å². The Morgan fingerprint density at radius 2 is 2.00 bits per heavy atom. The number of benzene rings is 1. The third kappa shape index (κ3) is 3.82. The molecule has 0 aliphatic rings. The smallest absolute Gasteiger partial charge is 0.0736 e. The van der Waals surface area contributed by atoms with Crippen LogP contribution in [0.1, 0.15) is 35.2 Å². The summed E-state index contributed by atoms with van der Waals surface area (Å²) in [4.78, 5) is 2.72. The van der Waals surface area contributed by atoms with Gasteiger partial charge in [0, 0.05) is 27.6 Å². The molecule has 0 aliphatic heterocycles. The van der Waals surface area contributed by atoms with Gasteiger partial charge in [-0.05, 0) is 39.0 Å². The van der Waals surface area contributed by atoms with Crippen molar-refractivity contribution in [1.29, 1.82) is 0 Å². The summed E-state index contributed by atoms with van der Waals surface area (Å²) in [6.45, 7) is 7.77. The van der Waals surface area contributed by atoms with Crippen LogP contribution < -0.4 is 5.32 Å². The van der Waals surface area contributed by atoms with E-state index in [0.29, 0.717) is 12.6 Å². The Hall–Kier alpha value is -1.32. The predicted molar refractivity (Wildman–Crippen MR) is 82.9 cm³/mol. The van der Waals surface area contributed by atoms with E-state index in [1.54, 1.807) is 0 Å². The summed E-state index contributed by atoms with van der Waals surface area (Å²) in [5.41, 5.74) is 2.37. The van der Waals surface area contributed by atoms with E-state index in [9.17, 15) is 0 Å². The Morgan fingerprint density at radius 1 is 1.21 bits per heavy atom. The number of para-hydroxylation sites is 1. The van der Waals surface area contributed by atoms with Gasteiger partial charge in [-0.15, -0.1) is 11.3 Å². The molecule has 0 aliphatic carbocycles. The van der Waals surface area contributed by atoms with Gasteiger partial charge in [0.2, 0.25) is 0 Å². The van der Waals surface area contributed by atoms with Gasteiger partial charge >= 0.3 is 0 Å². The summed E-state index contributed by atoms with van der Waals surface area (Å²) in [7, 11) is 0. The molecule has 1 atom stereocenters. The van der Waals surface area contributed by atoms with Crippen LogP contribution in [0, 0.1) is 6.92 Å². The topological polar surface area (TPSA) is 21.3 Å². The van der Waals surface area contributed by atoms with E-state index in [4.69, 9.17) is 4.74 Å². The lowest BCUT2D eigenvalue weighted by Crippen LogP contribution is -2.07. The fraction of sp³-hybridized carbons (Fsp3) is 0.375. The molecule has 2 aromatic rings. The van der Waals surface area contributed by atoms with Crippen LogP contribution in [0.3, 0.4) is 0 Å². The van der Waals surface area contributed by atoms with Crippen LogP contribution in [-0.4, -0.2) is 6.61 Å². The van der Waals surface area contributed by atoms with Gasteiger partial charge in [-0.1, -0.05) is 18.2 Å². The van der Waals surface area contributed by atoms with Crippen molar-refractivity contribution in [2.24, 2.45) is 0 Å². The van der Waals surface area contributed by atoms with Crippen LogP contribution in [0.25, 0.3) is 0 Å². The second kappa shape index (κ2) is 6.73. The average molecular weight is 275 g/mol. The van der Waals surface area contributed by atoms with Gasteiger partial charge in [0.1, 0.15) is 0 Å². The van der Waals surface area contributed by atoms with Crippen molar-refractivity contribution in [3.8, 4) is 0 Å². The highest BCUT2D eigenvalue weighted by molar-refractivity contribution is 7.12. The number of ether oxygens (including phenoxy) is 1. The summed E-state index contributed by atoms with van der Waals surface area (Å²) in [6, 6.07) is 13.0. The molecular formula is C16H21NOS. The second-order valence-electron chi connectivity index (χ2n) is 4.61. The van der Waals surface area contributed by atoms with Crippen molar-refractivity contribution >= 4 is 17.0 Å². The molecule has 1 N–H and O–H groups in total. The summed E-state index contributed by atoms with van der Waals surface area (Å²) in [5, 5.41) is 3.58. The molecule has 0 fully saturated rings. The molecule has 19 heavy (non-hydrogen) atoms. The van der Waals surface area contributed by atoms with Crippen molar-refractivity contribution in [3.05, 3.63) is 51.7 Å². The lowest BCUT2D eigenvalue weighted by molar-refractivity contribution is 0.134. The molecule has 0 saturated carbocycles. The fourth-order valence-corrected chi connectivity index (χ4v) is 2.87. The third-order valence-electron chi connectivity index (χ3n) is 3.04. The zero-order chi connectivity index (χ0) is 13.7. The molecule has 0 amide bonds. The van der Waals surface area contributed by atoms with Gasteiger partial charge in [0.15, 0.2) is 0 Å². The number of aryl methyl sites for hydroxylation is 1. The lowest BCUT2D eigenvalue weighted by Gasteiger charge is -2.17. The molecule has 3 heteroatoms. The standard InChI is InChI=1S/C16H21NOS/c1-4-18-11-14-7-5-6-8-15(14)17-13(3)16-10-9-12(2)19-16/h5-10,13,17H,4,11H2,1-3H3. The van der Waals surface area contributed by atoms with E-state index < -0.39 is 0 Å². The van der Waals surface area contributed by atoms with Gasteiger partial charge in [0.25, 0.3) is 0 Å². The molecule has 1 aromatic heterocycles. The molecule has 102 valence electrons. The molecule has 0 radical (unpaired) electrons. The number of thiophene rings is 1. The summed E-state index contributed by atoms with van der Waals surface area (Å²) in [6.07, 6.45) is 0. The number of rotatable bonds is 6. The maximum absolute atomic E-state index is 5.51. The number of nitrogens with one attached hydrogen (secondary N) is 1. The van der Waals surface area contributed by atoms with Crippen molar-refractivity contribution in [3.63, 3.8) is 0 Å². The quantitative estimate of drug-likeness (QED) is 0.820. The first kappa shape index (κ1) is 14.1. The number of hydrogen-bond donors (Lipinski definition) is 1. The van der Waals surface area contributed by atoms with Gasteiger partial charge in [-0.25, -0.2) is 0 Å². The molecule has 1 unspecified atom stereocenters. The average Bonchev–Trinajstić information content (AvgIpc) is 2.84. The molecule has 0 bridgehead atoms. The second-order valence-corrected chi connectivity index (χ2v) is 5.93. The zero-order valence-electron chi connectivity index (χ0n) is 11.8. The van der Waals surface area contributed by atoms with Gasteiger partial charge in [-0.3, -0.25) is 0 Å². The Balaban J connectivity index is 2.09. The molecule has 0 spiro atoms. The summed E-state index contributed by atoms with van der Waals surface area (Å²) >= 11 is 1.85. The summed E-state index contributed by atoms with van der Waals surface area (Å²) in [5.74, 6) is 0. The van der Waals surface area contributed by atoms with Gasteiger partial charge < -0.3 is 10.1 Å². The largest absolute Gasteiger partial charge is 0.377 e. The Labute approximate surface area is 119 Å². The third-order valence-corrected chi connectivity index (χ3v) is 4.22. The Morgan fingerprint density at radius 3 is 2.68 bits per heavy atom. The minimum Gasteiger partial charge on any atom is -0.377 e. The molecule has 1 aromatic carbocycles. The van der Waals surface area contributed by atoms with E-state index in [-0.39, 0.29) is 0 Å². The molecule has 2 rings (SSSR count). The Kier molecular flexibility index (Phi) is 5.00. The van der Waals surface area contributed by atoms with Crippen LogP contribution in [0.4, 0.5) is 5.69 Å². The monoisotopic (exact) mass is 275 g/mol. The molecule has 1 heterocycles. The van der Waals surface area contributed by atoms with Crippen LogP contribution >= 0.6 is 11.3 Å².